The fraction of sp³-hybridized carbons (Fsp3) is 0.300. The van der Waals surface area contributed by atoms with Crippen LogP contribution in [0.15, 0.2) is 33.7 Å². The van der Waals surface area contributed by atoms with Crippen molar-refractivity contribution in [2.75, 3.05) is 13.2 Å². The fourth-order valence-electron chi connectivity index (χ4n) is 1.29. The van der Waals surface area contributed by atoms with Crippen LogP contribution in [0.3, 0.4) is 0 Å². The maximum absolute atomic E-state index is 8.90. The third-order valence-corrected chi connectivity index (χ3v) is 2.72. The van der Waals surface area contributed by atoms with E-state index in [0.29, 0.717) is 12.5 Å². The molecule has 0 radical (unpaired) electrons. The molecule has 1 aliphatic heterocycles. The molecular weight excluding hydrogens is 246 g/mol. The molecule has 0 bridgehead atoms. The van der Waals surface area contributed by atoms with E-state index < -0.39 is 0 Å². The van der Waals surface area contributed by atoms with E-state index in [1.54, 1.807) is 0 Å². The van der Waals surface area contributed by atoms with Gasteiger partial charge >= 0.3 is 0 Å². The van der Waals surface area contributed by atoms with Crippen molar-refractivity contribution in [3.8, 4) is 0 Å². The molecule has 74 valence electrons. The predicted molar refractivity (Wildman–Crippen MR) is 57.5 cm³/mol. The molecule has 1 heterocycles. The highest BCUT2D eigenvalue weighted by atomic mass is 79.9. The number of benzene rings is 1. The molecule has 1 aromatic rings. The van der Waals surface area contributed by atoms with E-state index in [1.165, 1.54) is 0 Å². The van der Waals surface area contributed by atoms with Crippen molar-refractivity contribution < 1.29 is 9.84 Å². The highest BCUT2D eigenvalue weighted by Gasteiger charge is 2.20. The zero-order valence-corrected chi connectivity index (χ0v) is 9.07. The molecule has 0 amide bonds. The Balaban J connectivity index is 2.28. The molecule has 1 N–H and O–H groups in total. The summed E-state index contributed by atoms with van der Waals surface area (Å²) in [6, 6.07) is 7.62. The van der Waals surface area contributed by atoms with Gasteiger partial charge < -0.3 is 9.84 Å². The van der Waals surface area contributed by atoms with Crippen LogP contribution < -0.4 is 0 Å². The Bertz CT molecular complexity index is 365. The van der Waals surface area contributed by atoms with E-state index in [1.807, 2.05) is 24.3 Å². The lowest BCUT2D eigenvalue weighted by atomic mass is 10.2. The monoisotopic (exact) mass is 255 g/mol. The van der Waals surface area contributed by atoms with Gasteiger partial charge in [0.1, 0.15) is 12.6 Å². The van der Waals surface area contributed by atoms with Gasteiger partial charge in [0.2, 0.25) is 5.90 Å². The Hall–Kier alpha value is -0.870. The largest absolute Gasteiger partial charge is 0.475 e. The summed E-state index contributed by atoms with van der Waals surface area (Å²) in [5.41, 5.74) is 0.934. The lowest BCUT2D eigenvalue weighted by Gasteiger charge is -2.02. The Labute approximate surface area is 90.6 Å². The van der Waals surface area contributed by atoms with Crippen molar-refractivity contribution in [1.29, 1.82) is 0 Å². The SMILES string of the molecule is OC[C@H]1COC(c2ccccc2Br)=N1. The molecule has 14 heavy (non-hydrogen) atoms. The van der Waals surface area contributed by atoms with Crippen LogP contribution in [0.25, 0.3) is 0 Å². The number of nitrogens with zero attached hydrogens (tertiary/aromatic N) is 1. The molecule has 0 saturated heterocycles. The van der Waals surface area contributed by atoms with Crippen molar-refractivity contribution in [3.63, 3.8) is 0 Å². The molecule has 2 rings (SSSR count). The Kier molecular flexibility index (Phi) is 2.84. The van der Waals surface area contributed by atoms with E-state index in [-0.39, 0.29) is 12.6 Å². The van der Waals surface area contributed by atoms with Gasteiger partial charge in [-0.3, -0.25) is 0 Å². The van der Waals surface area contributed by atoms with Crippen molar-refractivity contribution in [2.24, 2.45) is 4.99 Å². The van der Waals surface area contributed by atoms with Crippen LogP contribution in [-0.2, 0) is 4.74 Å². The Morgan fingerprint density at radius 1 is 1.50 bits per heavy atom. The summed E-state index contributed by atoms with van der Waals surface area (Å²) >= 11 is 3.42. The number of halogens is 1. The van der Waals surface area contributed by atoms with Crippen molar-refractivity contribution in [3.05, 3.63) is 34.3 Å². The molecule has 0 aliphatic carbocycles. The zero-order valence-electron chi connectivity index (χ0n) is 7.48. The maximum atomic E-state index is 8.90. The quantitative estimate of drug-likeness (QED) is 0.872. The first kappa shape index (κ1) is 9.68. The molecule has 1 atom stereocenters. The standard InChI is InChI=1S/C10H10BrNO2/c11-9-4-2-1-3-8(9)10-12-7(5-13)6-14-10/h1-4,7,13H,5-6H2/t7-/m0/s1. The summed E-state index contributed by atoms with van der Waals surface area (Å²) in [5.74, 6) is 0.608. The first-order valence-corrected chi connectivity index (χ1v) is 5.17. The van der Waals surface area contributed by atoms with Gasteiger partial charge in [0.25, 0.3) is 0 Å². The summed E-state index contributed by atoms with van der Waals surface area (Å²) in [5, 5.41) is 8.90. The van der Waals surface area contributed by atoms with Gasteiger partial charge in [0.15, 0.2) is 0 Å². The van der Waals surface area contributed by atoms with Crippen molar-refractivity contribution >= 4 is 21.8 Å². The van der Waals surface area contributed by atoms with Gasteiger partial charge in [-0.25, -0.2) is 4.99 Å². The van der Waals surface area contributed by atoms with Gasteiger partial charge in [-0.15, -0.1) is 0 Å². The molecule has 0 saturated carbocycles. The van der Waals surface area contributed by atoms with E-state index in [0.717, 1.165) is 10.0 Å². The minimum absolute atomic E-state index is 0.0357. The molecule has 3 nitrogen and oxygen atoms in total. The fourth-order valence-corrected chi connectivity index (χ4v) is 1.75. The van der Waals surface area contributed by atoms with Gasteiger partial charge in [0, 0.05) is 4.47 Å². The highest BCUT2D eigenvalue weighted by molar-refractivity contribution is 9.10. The van der Waals surface area contributed by atoms with Crippen LogP contribution in [0.4, 0.5) is 0 Å². The highest BCUT2D eigenvalue weighted by Crippen LogP contribution is 2.20. The predicted octanol–water partition coefficient (Wildman–Crippen LogP) is 1.59. The minimum Gasteiger partial charge on any atom is -0.475 e. The van der Waals surface area contributed by atoms with Gasteiger partial charge in [-0.05, 0) is 28.1 Å². The normalized spacial score (nSPS) is 20.4. The number of rotatable bonds is 2. The summed E-state index contributed by atoms with van der Waals surface area (Å²) in [6.07, 6.45) is 0. The van der Waals surface area contributed by atoms with Crippen molar-refractivity contribution in [2.45, 2.75) is 6.04 Å². The Morgan fingerprint density at radius 2 is 2.29 bits per heavy atom. The van der Waals surface area contributed by atoms with Crippen LogP contribution in [-0.4, -0.2) is 30.3 Å². The number of aliphatic imine (C=N–C) groups is 1. The first-order chi connectivity index (χ1) is 6.81. The van der Waals surface area contributed by atoms with Crippen LogP contribution in [0, 0.1) is 0 Å². The van der Waals surface area contributed by atoms with Gasteiger partial charge in [-0.2, -0.15) is 0 Å². The summed E-state index contributed by atoms with van der Waals surface area (Å²) in [4.78, 5) is 4.25. The minimum atomic E-state index is -0.114. The average Bonchev–Trinajstić information content (AvgIpc) is 2.67. The third kappa shape index (κ3) is 1.81. The smallest absolute Gasteiger partial charge is 0.217 e. The Morgan fingerprint density at radius 3 is 2.93 bits per heavy atom. The molecule has 0 aromatic heterocycles. The van der Waals surface area contributed by atoms with E-state index >= 15 is 0 Å². The lowest BCUT2D eigenvalue weighted by Crippen LogP contribution is -2.10. The van der Waals surface area contributed by atoms with Crippen LogP contribution in [0.2, 0.25) is 0 Å². The number of aliphatic hydroxyl groups is 1. The molecule has 0 fully saturated rings. The second kappa shape index (κ2) is 4.11. The average molecular weight is 256 g/mol. The second-order valence-electron chi connectivity index (χ2n) is 3.06. The van der Waals surface area contributed by atoms with E-state index in [2.05, 4.69) is 20.9 Å². The number of hydrogen-bond acceptors (Lipinski definition) is 3. The summed E-state index contributed by atoms with van der Waals surface area (Å²) in [7, 11) is 0. The zero-order chi connectivity index (χ0) is 9.97. The van der Waals surface area contributed by atoms with Crippen molar-refractivity contribution in [1.82, 2.24) is 0 Å². The van der Waals surface area contributed by atoms with Crippen LogP contribution in [0.1, 0.15) is 5.56 Å². The second-order valence-corrected chi connectivity index (χ2v) is 3.92. The molecular formula is C10H10BrNO2. The molecule has 0 unspecified atom stereocenters. The third-order valence-electron chi connectivity index (χ3n) is 2.03. The maximum Gasteiger partial charge on any atom is 0.217 e. The number of ether oxygens (including phenoxy) is 1. The number of aliphatic hydroxyl groups excluding tert-OH is 1. The summed E-state index contributed by atoms with van der Waals surface area (Å²) < 4.78 is 6.34. The van der Waals surface area contributed by atoms with E-state index in [9.17, 15) is 0 Å². The topological polar surface area (TPSA) is 41.8 Å². The van der Waals surface area contributed by atoms with Crippen LogP contribution >= 0.6 is 15.9 Å². The number of hydrogen-bond donors (Lipinski definition) is 1. The molecule has 4 heteroatoms. The lowest BCUT2D eigenvalue weighted by molar-refractivity contribution is 0.227. The molecule has 1 aromatic carbocycles. The summed E-state index contributed by atoms with van der Waals surface area (Å²) in [6.45, 7) is 0.501. The van der Waals surface area contributed by atoms with Gasteiger partial charge in [-0.1, -0.05) is 12.1 Å². The molecule has 1 aliphatic rings. The van der Waals surface area contributed by atoms with E-state index in [4.69, 9.17) is 9.84 Å². The molecule has 0 spiro atoms. The first-order valence-electron chi connectivity index (χ1n) is 4.37. The van der Waals surface area contributed by atoms with Gasteiger partial charge in [0.05, 0.1) is 12.2 Å². The van der Waals surface area contributed by atoms with Crippen LogP contribution in [0.5, 0.6) is 0 Å².